The number of hydrogen-bond donors (Lipinski definition) is 2. The van der Waals surface area contributed by atoms with Gasteiger partial charge in [0.1, 0.15) is 11.6 Å². The quantitative estimate of drug-likeness (QED) is 0.666. The zero-order valence-corrected chi connectivity index (χ0v) is 11.8. The SMILES string of the molecule is CSc1nc(N)cc(Nc2ccc(Cl)cc2Cl)n1. The maximum atomic E-state index is 6.07. The number of nitrogens with two attached hydrogens (primary N) is 1. The number of nitrogens with zero attached hydrogens (tertiary/aromatic N) is 2. The third kappa shape index (κ3) is 3.19. The Bertz CT molecular complexity index is 577. The smallest absolute Gasteiger partial charge is 0.191 e. The Labute approximate surface area is 119 Å². The minimum atomic E-state index is 0.405. The van der Waals surface area contributed by atoms with E-state index in [0.717, 1.165) is 0 Å². The number of rotatable bonds is 3. The highest BCUT2D eigenvalue weighted by molar-refractivity contribution is 7.98. The highest BCUT2D eigenvalue weighted by atomic mass is 35.5. The van der Waals surface area contributed by atoms with Crippen LogP contribution >= 0.6 is 35.0 Å². The molecule has 1 aromatic carbocycles. The minimum absolute atomic E-state index is 0.405. The van der Waals surface area contributed by atoms with E-state index in [1.165, 1.54) is 11.8 Å². The zero-order chi connectivity index (χ0) is 13.1. The third-order valence-corrected chi connectivity index (χ3v) is 3.20. The maximum Gasteiger partial charge on any atom is 0.191 e. The van der Waals surface area contributed by atoms with Crippen molar-refractivity contribution in [2.75, 3.05) is 17.3 Å². The van der Waals surface area contributed by atoms with E-state index in [9.17, 15) is 0 Å². The third-order valence-electron chi connectivity index (χ3n) is 2.10. The van der Waals surface area contributed by atoms with Gasteiger partial charge in [-0.25, -0.2) is 9.97 Å². The van der Waals surface area contributed by atoms with Gasteiger partial charge in [-0.3, -0.25) is 0 Å². The Balaban J connectivity index is 2.30. The lowest BCUT2D eigenvalue weighted by atomic mass is 10.3. The monoisotopic (exact) mass is 300 g/mol. The Kier molecular flexibility index (Phi) is 4.16. The molecule has 94 valence electrons. The largest absolute Gasteiger partial charge is 0.383 e. The van der Waals surface area contributed by atoms with Gasteiger partial charge in [-0.15, -0.1) is 0 Å². The summed E-state index contributed by atoms with van der Waals surface area (Å²) in [6, 6.07) is 6.83. The van der Waals surface area contributed by atoms with Gasteiger partial charge >= 0.3 is 0 Å². The molecule has 0 aliphatic heterocycles. The average molecular weight is 301 g/mol. The van der Waals surface area contributed by atoms with E-state index in [1.54, 1.807) is 24.3 Å². The van der Waals surface area contributed by atoms with Crippen LogP contribution in [0.25, 0.3) is 0 Å². The van der Waals surface area contributed by atoms with Gasteiger partial charge in [0.15, 0.2) is 5.16 Å². The number of halogens is 2. The van der Waals surface area contributed by atoms with Crippen LogP contribution in [0.1, 0.15) is 0 Å². The van der Waals surface area contributed by atoms with Crippen molar-refractivity contribution in [2.24, 2.45) is 0 Å². The number of thioether (sulfide) groups is 1. The van der Waals surface area contributed by atoms with Crippen molar-refractivity contribution in [1.82, 2.24) is 9.97 Å². The Hall–Kier alpha value is -1.17. The highest BCUT2D eigenvalue weighted by Crippen LogP contribution is 2.28. The predicted octanol–water partition coefficient (Wildman–Crippen LogP) is 3.83. The average Bonchev–Trinajstić information content (AvgIpc) is 2.32. The highest BCUT2D eigenvalue weighted by Gasteiger charge is 2.05. The van der Waals surface area contributed by atoms with Crippen molar-refractivity contribution in [2.45, 2.75) is 5.16 Å². The standard InChI is InChI=1S/C11H10Cl2N4S/c1-18-11-16-9(14)5-10(17-11)15-8-3-2-6(12)4-7(8)13/h2-5H,1H3,(H3,14,15,16,17). The normalized spacial score (nSPS) is 10.4. The van der Waals surface area contributed by atoms with Crippen LogP contribution in [0.2, 0.25) is 10.0 Å². The van der Waals surface area contributed by atoms with Crippen molar-refractivity contribution in [3.05, 3.63) is 34.3 Å². The second kappa shape index (κ2) is 5.65. The molecule has 18 heavy (non-hydrogen) atoms. The molecule has 1 heterocycles. The van der Waals surface area contributed by atoms with Crippen LogP contribution in [-0.2, 0) is 0 Å². The number of nitrogens with one attached hydrogen (secondary N) is 1. The molecule has 0 saturated heterocycles. The summed E-state index contributed by atoms with van der Waals surface area (Å²) in [6.07, 6.45) is 1.88. The van der Waals surface area contributed by atoms with Crippen LogP contribution in [-0.4, -0.2) is 16.2 Å². The minimum Gasteiger partial charge on any atom is -0.383 e. The van der Waals surface area contributed by atoms with E-state index < -0.39 is 0 Å². The molecular weight excluding hydrogens is 291 g/mol. The maximum absolute atomic E-state index is 6.07. The van der Waals surface area contributed by atoms with E-state index in [-0.39, 0.29) is 0 Å². The second-order valence-corrected chi connectivity index (χ2v) is 5.03. The van der Waals surface area contributed by atoms with Gasteiger partial charge in [-0.05, 0) is 24.5 Å². The first kappa shape index (κ1) is 13.3. The van der Waals surface area contributed by atoms with Crippen LogP contribution in [0.3, 0.4) is 0 Å². The molecule has 1 aromatic heterocycles. The fourth-order valence-corrected chi connectivity index (χ4v) is 2.17. The first-order valence-corrected chi connectivity index (χ1v) is 6.97. The van der Waals surface area contributed by atoms with Gasteiger partial charge in [0.05, 0.1) is 10.7 Å². The van der Waals surface area contributed by atoms with E-state index in [1.807, 2.05) is 6.26 Å². The lowest BCUT2D eigenvalue weighted by molar-refractivity contribution is 0.984. The van der Waals surface area contributed by atoms with Crippen molar-refractivity contribution in [3.63, 3.8) is 0 Å². The van der Waals surface area contributed by atoms with Crippen LogP contribution in [0.15, 0.2) is 29.4 Å². The van der Waals surface area contributed by atoms with Crippen LogP contribution in [0.4, 0.5) is 17.3 Å². The molecular formula is C11H10Cl2N4S. The fourth-order valence-electron chi connectivity index (χ4n) is 1.33. The molecule has 0 amide bonds. The number of anilines is 3. The lowest BCUT2D eigenvalue weighted by Gasteiger charge is -2.09. The van der Waals surface area contributed by atoms with Gasteiger partial charge in [0.25, 0.3) is 0 Å². The summed E-state index contributed by atoms with van der Waals surface area (Å²) in [5, 5.41) is 4.78. The summed E-state index contributed by atoms with van der Waals surface area (Å²) in [5.41, 5.74) is 6.41. The predicted molar refractivity (Wildman–Crippen MR) is 78.0 cm³/mol. The molecule has 0 fully saturated rings. The molecule has 0 saturated carbocycles. The molecule has 0 aliphatic carbocycles. The summed E-state index contributed by atoms with van der Waals surface area (Å²) in [7, 11) is 0. The Morgan fingerprint density at radius 2 is 2.00 bits per heavy atom. The molecule has 0 bridgehead atoms. The number of benzene rings is 1. The van der Waals surface area contributed by atoms with Crippen molar-refractivity contribution in [3.8, 4) is 0 Å². The zero-order valence-electron chi connectivity index (χ0n) is 9.45. The van der Waals surface area contributed by atoms with E-state index in [2.05, 4.69) is 15.3 Å². The fraction of sp³-hybridized carbons (Fsp3) is 0.0909. The molecule has 0 aliphatic rings. The van der Waals surface area contributed by atoms with Crippen molar-refractivity contribution >= 4 is 52.3 Å². The van der Waals surface area contributed by atoms with Gasteiger partial charge in [-0.2, -0.15) is 0 Å². The van der Waals surface area contributed by atoms with Gasteiger partial charge in [0.2, 0.25) is 0 Å². The molecule has 4 nitrogen and oxygen atoms in total. The van der Waals surface area contributed by atoms with Crippen molar-refractivity contribution < 1.29 is 0 Å². The summed E-state index contributed by atoms with van der Waals surface area (Å²) in [5.74, 6) is 0.998. The number of aromatic nitrogens is 2. The topological polar surface area (TPSA) is 63.8 Å². The summed E-state index contributed by atoms with van der Waals surface area (Å²) < 4.78 is 0. The molecule has 0 spiro atoms. The molecule has 0 unspecified atom stereocenters. The second-order valence-electron chi connectivity index (χ2n) is 3.41. The summed E-state index contributed by atoms with van der Waals surface area (Å²) >= 11 is 13.3. The molecule has 2 rings (SSSR count). The molecule has 0 atom stereocenters. The summed E-state index contributed by atoms with van der Waals surface area (Å²) in [4.78, 5) is 8.35. The number of hydrogen-bond acceptors (Lipinski definition) is 5. The van der Waals surface area contributed by atoms with E-state index >= 15 is 0 Å². The molecule has 7 heteroatoms. The first-order chi connectivity index (χ1) is 8.58. The van der Waals surface area contributed by atoms with E-state index in [0.29, 0.717) is 32.5 Å². The van der Waals surface area contributed by atoms with E-state index in [4.69, 9.17) is 28.9 Å². The Morgan fingerprint density at radius 1 is 1.22 bits per heavy atom. The summed E-state index contributed by atoms with van der Waals surface area (Å²) in [6.45, 7) is 0. The van der Waals surface area contributed by atoms with Crippen LogP contribution in [0, 0.1) is 0 Å². The molecule has 3 N–H and O–H groups in total. The van der Waals surface area contributed by atoms with Gasteiger partial charge in [0, 0.05) is 11.1 Å². The molecule has 2 aromatic rings. The first-order valence-electron chi connectivity index (χ1n) is 4.99. The van der Waals surface area contributed by atoms with Gasteiger partial charge < -0.3 is 11.1 Å². The van der Waals surface area contributed by atoms with Crippen LogP contribution < -0.4 is 11.1 Å². The van der Waals surface area contributed by atoms with Crippen molar-refractivity contribution in [1.29, 1.82) is 0 Å². The molecule has 0 radical (unpaired) electrons. The van der Waals surface area contributed by atoms with Gasteiger partial charge in [-0.1, -0.05) is 35.0 Å². The van der Waals surface area contributed by atoms with Crippen LogP contribution in [0.5, 0.6) is 0 Å². The number of nitrogen functional groups attached to an aromatic ring is 1. The Morgan fingerprint density at radius 3 is 2.67 bits per heavy atom. The lowest BCUT2D eigenvalue weighted by Crippen LogP contribution is -2.00.